The van der Waals surface area contributed by atoms with Crippen LogP contribution >= 0.6 is 12.2 Å². The maximum Gasteiger partial charge on any atom is 0.257 e. The molecule has 24 heavy (non-hydrogen) atoms. The number of morpholine rings is 2. The van der Waals surface area contributed by atoms with Crippen LogP contribution in [0.2, 0.25) is 0 Å². The highest BCUT2D eigenvalue weighted by atomic mass is 32.1. The van der Waals surface area contributed by atoms with Gasteiger partial charge in [0.15, 0.2) is 5.11 Å². The number of carbonyl (C=O) groups is 1. The molecule has 1 atom stereocenters. The number of hydrogen-bond acceptors (Lipinski definition) is 6. The highest BCUT2D eigenvalue weighted by Gasteiger charge is 2.52. The van der Waals surface area contributed by atoms with Crippen molar-refractivity contribution in [3.8, 4) is 0 Å². The van der Waals surface area contributed by atoms with E-state index in [1.165, 1.54) is 0 Å². The number of carbonyl (C=O) groups excluding carboxylic acids is 1. The first-order chi connectivity index (χ1) is 11.5. The molecule has 0 aliphatic carbocycles. The molecule has 8 heteroatoms. The number of rotatable bonds is 5. The summed E-state index contributed by atoms with van der Waals surface area (Å²) < 4.78 is 10.8. The molecule has 3 heterocycles. The maximum absolute atomic E-state index is 13.3. The molecule has 0 spiro atoms. The summed E-state index contributed by atoms with van der Waals surface area (Å²) in [6, 6.07) is 0. The number of amides is 1. The Bertz CT molecular complexity index is 478. The molecule has 0 aromatic rings. The lowest BCUT2D eigenvalue weighted by Gasteiger charge is -2.38. The Morgan fingerprint density at radius 3 is 2.17 bits per heavy atom. The van der Waals surface area contributed by atoms with Gasteiger partial charge in [-0.15, -0.1) is 0 Å². The molecule has 0 saturated carbocycles. The highest BCUT2D eigenvalue weighted by molar-refractivity contribution is 7.80. The minimum absolute atomic E-state index is 0.0977. The van der Waals surface area contributed by atoms with Crippen molar-refractivity contribution in [2.75, 3.05) is 65.8 Å². The molecule has 7 nitrogen and oxygen atoms in total. The van der Waals surface area contributed by atoms with E-state index < -0.39 is 5.54 Å². The molecule has 0 aromatic heterocycles. The minimum Gasteiger partial charge on any atom is -0.379 e. The van der Waals surface area contributed by atoms with Crippen LogP contribution in [0.4, 0.5) is 0 Å². The van der Waals surface area contributed by atoms with Crippen LogP contribution in [-0.4, -0.2) is 97.1 Å². The Labute approximate surface area is 149 Å². The predicted molar refractivity (Wildman–Crippen MR) is 94.7 cm³/mol. The third-order valence-electron chi connectivity index (χ3n) is 5.21. The minimum atomic E-state index is -0.638. The van der Waals surface area contributed by atoms with Crippen molar-refractivity contribution in [1.82, 2.24) is 20.0 Å². The molecular formula is C16H28N4O3S. The molecule has 1 unspecified atom stereocenters. The Kier molecular flexibility index (Phi) is 5.71. The van der Waals surface area contributed by atoms with Crippen LogP contribution in [0.15, 0.2) is 0 Å². The SMILES string of the molecule is CC(C)C1(CN2CCOCC2)NC(=S)N(CN2CCOCC2)C1=O. The second-order valence-corrected chi connectivity index (χ2v) is 7.44. The van der Waals surface area contributed by atoms with Crippen LogP contribution in [0.25, 0.3) is 0 Å². The lowest BCUT2D eigenvalue weighted by molar-refractivity contribution is -0.136. The van der Waals surface area contributed by atoms with Gasteiger partial charge in [0.25, 0.3) is 5.91 Å². The average molecular weight is 356 g/mol. The Morgan fingerprint density at radius 1 is 1.08 bits per heavy atom. The molecule has 3 aliphatic heterocycles. The van der Waals surface area contributed by atoms with Gasteiger partial charge in [-0.2, -0.15) is 0 Å². The fourth-order valence-electron chi connectivity index (χ4n) is 3.51. The Hall–Kier alpha value is -0.800. The normalized spacial score (nSPS) is 30.2. The molecule has 0 bridgehead atoms. The zero-order valence-corrected chi connectivity index (χ0v) is 15.4. The summed E-state index contributed by atoms with van der Waals surface area (Å²) in [6.07, 6.45) is 0. The van der Waals surface area contributed by atoms with E-state index in [-0.39, 0.29) is 11.8 Å². The molecular weight excluding hydrogens is 328 g/mol. The number of nitrogens with one attached hydrogen (secondary N) is 1. The zero-order chi connectivity index (χ0) is 17.2. The van der Waals surface area contributed by atoms with E-state index in [9.17, 15) is 4.79 Å². The van der Waals surface area contributed by atoms with Gasteiger partial charge in [0.05, 0.1) is 33.1 Å². The molecule has 3 saturated heterocycles. The average Bonchev–Trinajstić information content (AvgIpc) is 2.82. The summed E-state index contributed by atoms with van der Waals surface area (Å²) in [7, 11) is 0. The van der Waals surface area contributed by atoms with E-state index in [0.29, 0.717) is 31.5 Å². The fourth-order valence-corrected chi connectivity index (χ4v) is 3.83. The molecule has 3 aliphatic rings. The van der Waals surface area contributed by atoms with Crippen molar-refractivity contribution in [2.24, 2.45) is 5.92 Å². The van der Waals surface area contributed by atoms with Crippen molar-refractivity contribution >= 4 is 23.2 Å². The van der Waals surface area contributed by atoms with Gasteiger partial charge in [-0.25, -0.2) is 0 Å². The van der Waals surface area contributed by atoms with Gasteiger partial charge in [-0.1, -0.05) is 13.8 Å². The number of thiocarbonyl (C=S) groups is 1. The third kappa shape index (κ3) is 3.57. The number of nitrogens with zero attached hydrogens (tertiary/aromatic N) is 3. The van der Waals surface area contributed by atoms with E-state index in [4.69, 9.17) is 21.7 Å². The maximum atomic E-state index is 13.3. The van der Waals surface area contributed by atoms with Gasteiger partial charge in [-0.3, -0.25) is 19.5 Å². The number of ether oxygens (including phenoxy) is 2. The van der Waals surface area contributed by atoms with E-state index in [0.717, 1.165) is 39.4 Å². The van der Waals surface area contributed by atoms with Gasteiger partial charge in [0.2, 0.25) is 0 Å². The van der Waals surface area contributed by atoms with Crippen LogP contribution in [-0.2, 0) is 14.3 Å². The first-order valence-electron chi connectivity index (χ1n) is 8.77. The Balaban J connectivity index is 1.72. The molecule has 0 radical (unpaired) electrons. The molecule has 1 N–H and O–H groups in total. The van der Waals surface area contributed by atoms with Crippen molar-refractivity contribution in [3.63, 3.8) is 0 Å². The summed E-state index contributed by atoms with van der Waals surface area (Å²) in [5.74, 6) is 0.251. The van der Waals surface area contributed by atoms with E-state index >= 15 is 0 Å². The van der Waals surface area contributed by atoms with Crippen LogP contribution in [0.1, 0.15) is 13.8 Å². The Morgan fingerprint density at radius 2 is 1.62 bits per heavy atom. The summed E-state index contributed by atoms with van der Waals surface area (Å²) in [5, 5.41) is 3.92. The largest absolute Gasteiger partial charge is 0.379 e. The summed E-state index contributed by atoms with van der Waals surface area (Å²) in [4.78, 5) is 19.5. The van der Waals surface area contributed by atoms with Gasteiger partial charge >= 0.3 is 0 Å². The van der Waals surface area contributed by atoms with Crippen molar-refractivity contribution in [1.29, 1.82) is 0 Å². The lowest BCUT2D eigenvalue weighted by Crippen LogP contribution is -2.60. The van der Waals surface area contributed by atoms with Crippen LogP contribution < -0.4 is 5.32 Å². The summed E-state index contributed by atoms with van der Waals surface area (Å²) in [6.45, 7) is 11.7. The lowest BCUT2D eigenvalue weighted by atomic mass is 9.85. The van der Waals surface area contributed by atoms with Crippen LogP contribution in [0.5, 0.6) is 0 Å². The second kappa shape index (κ2) is 7.61. The first-order valence-corrected chi connectivity index (χ1v) is 9.18. The van der Waals surface area contributed by atoms with Gasteiger partial charge in [0, 0.05) is 32.7 Å². The third-order valence-corrected chi connectivity index (χ3v) is 5.53. The van der Waals surface area contributed by atoms with Crippen LogP contribution in [0, 0.1) is 5.92 Å². The quantitative estimate of drug-likeness (QED) is 0.680. The zero-order valence-electron chi connectivity index (χ0n) is 14.6. The topological polar surface area (TPSA) is 57.3 Å². The van der Waals surface area contributed by atoms with Gasteiger partial charge in [0.1, 0.15) is 5.54 Å². The monoisotopic (exact) mass is 356 g/mol. The van der Waals surface area contributed by atoms with E-state index in [1.807, 2.05) is 0 Å². The smallest absolute Gasteiger partial charge is 0.257 e. The molecule has 3 rings (SSSR count). The molecule has 3 fully saturated rings. The second-order valence-electron chi connectivity index (χ2n) is 7.05. The molecule has 0 aromatic carbocycles. The molecule has 1 amide bonds. The highest BCUT2D eigenvalue weighted by Crippen LogP contribution is 2.28. The summed E-state index contributed by atoms with van der Waals surface area (Å²) >= 11 is 5.51. The van der Waals surface area contributed by atoms with E-state index in [2.05, 4.69) is 29.0 Å². The fraction of sp³-hybridized carbons (Fsp3) is 0.875. The number of hydrogen-bond donors (Lipinski definition) is 1. The summed E-state index contributed by atoms with van der Waals surface area (Å²) in [5.41, 5.74) is -0.638. The van der Waals surface area contributed by atoms with Gasteiger partial charge < -0.3 is 14.8 Å². The van der Waals surface area contributed by atoms with Crippen LogP contribution in [0.3, 0.4) is 0 Å². The van der Waals surface area contributed by atoms with Crippen molar-refractivity contribution < 1.29 is 14.3 Å². The van der Waals surface area contributed by atoms with E-state index in [1.54, 1.807) is 4.90 Å². The molecule has 136 valence electrons. The standard InChI is InChI=1S/C16H28N4O3S/c1-13(2)16(11-18-3-7-22-8-4-18)14(21)20(15(24)17-16)12-19-5-9-23-10-6-19/h13H,3-12H2,1-2H3,(H,17,24). The van der Waals surface area contributed by atoms with Gasteiger partial charge in [-0.05, 0) is 18.1 Å². The van der Waals surface area contributed by atoms with Crippen molar-refractivity contribution in [2.45, 2.75) is 19.4 Å². The predicted octanol–water partition coefficient (Wildman–Crippen LogP) is -0.280. The first kappa shape index (κ1) is 18.0. The van der Waals surface area contributed by atoms with Crippen molar-refractivity contribution in [3.05, 3.63) is 0 Å².